The molecular weight excluding hydrogens is 345 g/mol. The fourth-order valence-electron chi connectivity index (χ4n) is 2.63. The van der Waals surface area contributed by atoms with Crippen LogP contribution in [0, 0.1) is 10.1 Å². The third-order valence-corrected chi connectivity index (χ3v) is 4.79. The van der Waals surface area contributed by atoms with E-state index in [-0.39, 0.29) is 11.5 Å². The standard InChI is InChI=1S/C16H18FN5O2S/c1-18-15-8-7-13(22(23)24)16(19-15)21(12-5-3-2-4-6-12)20-9-10-25-11-14(20)17/h2-8,14H,9-11H2,1H3,(H,18,19). The van der Waals surface area contributed by atoms with E-state index in [0.717, 1.165) is 5.75 Å². The molecule has 0 aliphatic carbocycles. The quantitative estimate of drug-likeness (QED) is 0.495. The Morgan fingerprint density at radius 1 is 1.36 bits per heavy atom. The van der Waals surface area contributed by atoms with Crippen LogP contribution in [0.5, 0.6) is 0 Å². The molecule has 1 atom stereocenters. The predicted octanol–water partition coefficient (Wildman–Crippen LogP) is 3.43. The van der Waals surface area contributed by atoms with Gasteiger partial charge in [0.1, 0.15) is 5.82 Å². The van der Waals surface area contributed by atoms with Crippen molar-refractivity contribution in [1.29, 1.82) is 0 Å². The Kier molecular flexibility index (Phi) is 5.34. The zero-order chi connectivity index (χ0) is 17.8. The largest absolute Gasteiger partial charge is 0.373 e. The van der Waals surface area contributed by atoms with Gasteiger partial charge in [-0.15, -0.1) is 0 Å². The second kappa shape index (κ2) is 7.66. The van der Waals surface area contributed by atoms with E-state index in [1.54, 1.807) is 19.2 Å². The van der Waals surface area contributed by atoms with Gasteiger partial charge in [-0.1, -0.05) is 18.2 Å². The van der Waals surface area contributed by atoms with Gasteiger partial charge in [0.25, 0.3) is 0 Å². The summed E-state index contributed by atoms with van der Waals surface area (Å²) in [6.45, 7) is 0.434. The first kappa shape index (κ1) is 17.4. The van der Waals surface area contributed by atoms with E-state index < -0.39 is 11.2 Å². The van der Waals surface area contributed by atoms with E-state index >= 15 is 0 Å². The van der Waals surface area contributed by atoms with Crippen LogP contribution in [0.4, 0.5) is 27.4 Å². The molecule has 1 aromatic heterocycles. The van der Waals surface area contributed by atoms with E-state index in [2.05, 4.69) is 10.3 Å². The highest BCUT2D eigenvalue weighted by Gasteiger charge is 2.34. The van der Waals surface area contributed by atoms with Gasteiger partial charge < -0.3 is 5.32 Å². The molecule has 1 unspecified atom stereocenters. The first-order valence-corrected chi connectivity index (χ1v) is 8.94. The van der Waals surface area contributed by atoms with Crippen molar-refractivity contribution in [2.24, 2.45) is 0 Å². The van der Waals surface area contributed by atoms with Crippen LogP contribution in [0.25, 0.3) is 0 Å². The van der Waals surface area contributed by atoms with Crippen molar-refractivity contribution >= 4 is 34.8 Å². The van der Waals surface area contributed by atoms with Crippen LogP contribution >= 0.6 is 11.8 Å². The fraction of sp³-hybridized carbons (Fsp3) is 0.312. The summed E-state index contributed by atoms with van der Waals surface area (Å²) >= 11 is 1.52. The maximum Gasteiger partial charge on any atom is 0.313 e. The molecule has 1 fully saturated rings. The van der Waals surface area contributed by atoms with E-state index in [4.69, 9.17) is 0 Å². The van der Waals surface area contributed by atoms with Crippen molar-refractivity contribution in [3.63, 3.8) is 0 Å². The predicted molar refractivity (Wildman–Crippen MR) is 97.9 cm³/mol. The summed E-state index contributed by atoms with van der Waals surface area (Å²) in [7, 11) is 1.68. The molecule has 1 N–H and O–H groups in total. The molecule has 0 spiro atoms. The number of benzene rings is 1. The van der Waals surface area contributed by atoms with Gasteiger partial charge in [0, 0.05) is 31.2 Å². The second-order valence-corrected chi connectivity index (χ2v) is 6.52. The lowest BCUT2D eigenvalue weighted by Gasteiger charge is -2.39. The second-order valence-electron chi connectivity index (χ2n) is 5.37. The Balaban J connectivity index is 2.16. The zero-order valence-corrected chi connectivity index (χ0v) is 14.4. The van der Waals surface area contributed by atoms with Crippen LogP contribution in [0.2, 0.25) is 0 Å². The van der Waals surface area contributed by atoms with Gasteiger partial charge in [-0.25, -0.2) is 14.4 Å². The molecule has 3 rings (SSSR count). The van der Waals surface area contributed by atoms with Crippen LogP contribution in [-0.2, 0) is 0 Å². The Labute approximate surface area is 149 Å². The summed E-state index contributed by atoms with van der Waals surface area (Å²) in [6, 6.07) is 11.9. The van der Waals surface area contributed by atoms with Gasteiger partial charge in [-0.05, 0) is 18.2 Å². The van der Waals surface area contributed by atoms with Gasteiger partial charge in [0.15, 0.2) is 6.30 Å². The zero-order valence-electron chi connectivity index (χ0n) is 13.6. The minimum atomic E-state index is -1.25. The van der Waals surface area contributed by atoms with E-state index in [0.29, 0.717) is 23.8 Å². The molecule has 0 bridgehead atoms. The summed E-state index contributed by atoms with van der Waals surface area (Å²) in [6.07, 6.45) is -1.25. The van der Waals surface area contributed by atoms with E-state index in [1.165, 1.54) is 33.9 Å². The van der Waals surface area contributed by atoms with Crippen molar-refractivity contribution in [3.8, 4) is 0 Å². The van der Waals surface area contributed by atoms with Gasteiger partial charge in [0.05, 0.1) is 10.6 Å². The van der Waals surface area contributed by atoms with Crippen LogP contribution in [-0.4, -0.2) is 46.3 Å². The molecule has 2 heterocycles. The summed E-state index contributed by atoms with van der Waals surface area (Å²) in [5.74, 6) is 1.62. The Hall–Kier alpha value is -2.39. The summed E-state index contributed by atoms with van der Waals surface area (Å²) in [4.78, 5) is 15.4. The highest BCUT2D eigenvalue weighted by Crippen LogP contribution is 2.36. The number of halogens is 1. The summed E-state index contributed by atoms with van der Waals surface area (Å²) in [5.41, 5.74) is 0.453. The van der Waals surface area contributed by atoms with Crippen molar-refractivity contribution in [2.45, 2.75) is 6.30 Å². The number of nitrogens with zero attached hydrogens (tertiary/aromatic N) is 4. The smallest absolute Gasteiger partial charge is 0.313 e. The van der Waals surface area contributed by atoms with Crippen LogP contribution in [0.3, 0.4) is 0 Å². The topological polar surface area (TPSA) is 74.5 Å². The van der Waals surface area contributed by atoms with Crippen molar-refractivity contribution in [1.82, 2.24) is 9.99 Å². The Morgan fingerprint density at radius 3 is 2.76 bits per heavy atom. The van der Waals surface area contributed by atoms with Crippen LogP contribution in [0.1, 0.15) is 0 Å². The summed E-state index contributed by atoms with van der Waals surface area (Å²) in [5, 5.41) is 17.4. The molecule has 1 aromatic carbocycles. The highest BCUT2D eigenvalue weighted by molar-refractivity contribution is 7.99. The minimum absolute atomic E-state index is 0.0950. The molecule has 1 aliphatic heterocycles. The molecule has 2 aromatic rings. The van der Waals surface area contributed by atoms with Gasteiger partial charge in [-0.3, -0.25) is 10.1 Å². The number of aromatic nitrogens is 1. The van der Waals surface area contributed by atoms with Crippen molar-refractivity contribution < 1.29 is 9.31 Å². The first-order chi connectivity index (χ1) is 12.1. The van der Waals surface area contributed by atoms with Crippen molar-refractivity contribution in [3.05, 3.63) is 52.6 Å². The van der Waals surface area contributed by atoms with Gasteiger partial charge >= 0.3 is 5.69 Å². The molecule has 7 nitrogen and oxygen atoms in total. The van der Waals surface area contributed by atoms with Crippen molar-refractivity contribution in [2.75, 3.05) is 35.4 Å². The normalized spacial score (nSPS) is 17.9. The minimum Gasteiger partial charge on any atom is -0.373 e. The summed E-state index contributed by atoms with van der Waals surface area (Å²) < 4.78 is 14.6. The van der Waals surface area contributed by atoms with E-state index in [9.17, 15) is 14.5 Å². The SMILES string of the molecule is CNc1ccc([N+](=O)[O-])c(N(c2ccccc2)N2CCSCC2F)n1. The molecular formula is C16H18FN5O2S. The molecule has 0 saturated carbocycles. The number of thioether (sulfide) groups is 1. The third kappa shape index (κ3) is 3.67. The van der Waals surface area contributed by atoms with Crippen LogP contribution in [0.15, 0.2) is 42.5 Å². The maximum atomic E-state index is 14.6. The average Bonchev–Trinajstić information content (AvgIpc) is 2.64. The number of pyridine rings is 1. The number of para-hydroxylation sites is 1. The molecule has 9 heteroatoms. The maximum absolute atomic E-state index is 14.6. The first-order valence-electron chi connectivity index (χ1n) is 7.78. The average molecular weight is 363 g/mol. The number of hydrogen-bond donors (Lipinski definition) is 1. The van der Waals surface area contributed by atoms with Crippen LogP contribution < -0.4 is 10.3 Å². The lowest BCUT2D eigenvalue weighted by molar-refractivity contribution is -0.384. The lowest BCUT2D eigenvalue weighted by Crippen LogP contribution is -2.49. The lowest BCUT2D eigenvalue weighted by atomic mass is 10.3. The highest BCUT2D eigenvalue weighted by atomic mass is 32.2. The number of anilines is 3. The Morgan fingerprint density at radius 2 is 2.12 bits per heavy atom. The van der Waals surface area contributed by atoms with Gasteiger partial charge in [0.2, 0.25) is 5.82 Å². The monoisotopic (exact) mass is 363 g/mol. The molecule has 1 saturated heterocycles. The number of rotatable bonds is 5. The fourth-order valence-corrected chi connectivity index (χ4v) is 3.48. The number of hydrogen-bond acceptors (Lipinski definition) is 7. The number of nitrogens with one attached hydrogen (secondary N) is 1. The third-order valence-electron chi connectivity index (χ3n) is 3.81. The molecule has 1 aliphatic rings. The Bertz CT molecular complexity index is 749. The molecule has 132 valence electrons. The molecule has 0 amide bonds. The number of nitro groups is 1. The molecule has 0 radical (unpaired) electrons. The van der Waals surface area contributed by atoms with Gasteiger partial charge in [-0.2, -0.15) is 16.8 Å². The molecule has 25 heavy (non-hydrogen) atoms. The number of hydrazine groups is 1. The number of alkyl halides is 1. The van der Waals surface area contributed by atoms with E-state index in [1.807, 2.05) is 18.2 Å².